The van der Waals surface area contributed by atoms with Gasteiger partial charge < -0.3 is 10.2 Å². The molecule has 0 fully saturated rings. The van der Waals surface area contributed by atoms with E-state index in [1.807, 2.05) is 17.5 Å². The fraction of sp³-hybridized carbons (Fsp3) is 0.143. The lowest BCUT2D eigenvalue weighted by Gasteiger charge is -2.08. The van der Waals surface area contributed by atoms with E-state index in [0.29, 0.717) is 11.8 Å². The van der Waals surface area contributed by atoms with Crippen LogP contribution in [0.3, 0.4) is 0 Å². The van der Waals surface area contributed by atoms with Gasteiger partial charge in [0.1, 0.15) is 5.75 Å². The zero-order valence-electron chi connectivity index (χ0n) is 10.00. The molecule has 19 heavy (non-hydrogen) atoms. The summed E-state index contributed by atoms with van der Waals surface area (Å²) in [5.41, 5.74) is 1.48. The highest BCUT2D eigenvalue weighted by molar-refractivity contribution is 7.13. The van der Waals surface area contributed by atoms with Crippen LogP contribution in [0, 0.1) is 0 Å². The Morgan fingerprint density at radius 2 is 2.16 bits per heavy atom. The number of carbonyl (C=O) groups is 2. The molecule has 2 rings (SSSR count). The summed E-state index contributed by atoms with van der Waals surface area (Å²) in [5, 5.41) is 20.5. The fourth-order valence-corrected chi connectivity index (χ4v) is 2.54. The summed E-state index contributed by atoms with van der Waals surface area (Å²) in [6.45, 7) is 0. The summed E-state index contributed by atoms with van der Waals surface area (Å²) in [6, 6.07) is 7.15. The molecule has 5 heteroatoms. The molecule has 0 saturated heterocycles. The van der Waals surface area contributed by atoms with Crippen LogP contribution in [-0.4, -0.2) is 22.5 Å². The number of phenolic OH excluding ortho intramolecular Hbond substituents is 1. The molecule has 0 aliphatic heterocycles. The third kappa shape index (κ3) is 3.00. The van der Waals surface area contributed by atoms with Gasteiger partial charge in [-0.3, -0.25) is 9.59 Å². The molecule has 0 unspecified atom stereocenters. The van der Waals surface area contributed by atoms with Gasteiger partial charge in [-0.05, 0) is 41.1 Å². The number of thiophene rings is 1. The number of aldehydes is 1. The zero-order chi connectivity index (χ0) is 13.8. The highest BCUT2D eigenvalue weighted by atomic mass is 32.1. The van der Waals surface area contributed by atoms with Crippen LogP contribution in [0.1, 0.15) is 22.3 Å². The van der Waals surface area contributed by atoms with Crippen LogP contribution in [-0.2, 0) is 11.2 Å². The van der Waals surface area contributed by atoms with Crippen LogP contribution in [0.5, 0.6) is 5.75 Å². The van der Waals surface area contributed by atoms with Crippen LogP contribution in [0.25, 0.3) is 10.4 Å². The fourth-order valence-electron chi connectivity index (χ4n) is 1.83. The van der Waals surface area contributed by atoms with Gasteiger partial charge in [-0.1, -0.05) is 6.07 Å². The number of carbonyl (C=O) groups excluding carboxylic acids is 1. The molecule has 1 aromatic carbocycles. The Labute approximate surface area is 114 Å². The van der Waals surface area contributed by atoms with Gasteiger partial charge >= 0.3 is 5.97 Å². The Morgan fingerprint density at radius 3 is 2.74 bits per heavy atom. The van der Waals surface area contributed by atoms with E-state index in [1.54, 1.807) is 12.1 Å². The summed E-state index contributed by atoms with van der Waals surface area (Å²) in [4.78, 5) is 22.5. The molecular formula is C14H12O4S. The van der Waals surface area contributed by atoms with Gasteiger partial charge in [0, 0.05) is 11.3 Å². The Hall–Kier alpha value is -2.14. The van der Waals surface area contributed by atoms with Crippen molar-refractivity contribution in [3.63, 3.8) is 0 Å². The normalized spacial score (nSPS) is 10.3. The van der Waals surface area contributed by atoms with E-state index >= 15 is 0 Å². The van der Waals surface area contributed by atoms with Gasteiger partial charge in [0.25, 0.3) is 0 Å². The predicted molar refractivity (Wildman–Crippen MR) is 72.8 cm³/mol. The molecule has 0 saturated carbocycles. The van der Waals surface area contributed by atoms with E-state index in [9.17, 15) is 14.7 Å². The Balaban J connectivity index is 2.44. The molecule has 1 heterocycles. The maximum atomic E-state index is 11.0. The molecule has 0 atom stereocenters. The standard InChI is InChI=1S/C14H12O4S/c15-8-11-7-10(12-2-1-5-19-12)6-9(14(11)18)3-4-13(16)17/h1-2,5-8,18H,3-4H2,(H,16,17). The Morgan fingerprint density at radius 1 is 1.37 bits per heavy atom. The average Bonchev–Trinajstić information content (AvgIpc) is 2.91. The number of hydrogen-bond acceptors (Lipinski definition) is 4. The van der Waals surface area contributed by atoms with Gasteiger partial charge in [-0.25, -0.2) is 0 Å². The number of aryl methyl sites for hydroxylation is 1. The smallest absolute Gasteiger partial charge is 0.303 e. The highest BCUT2D eigenvalue weighted by Gasteiger charge is 2.12. The van der Waals surface area contributed by atoms with E-state index < -0.39 is 5.97 Å². The number of phenols is 1. The van der Waals surface area contributed by atoms with Gasteiger partial charge in [-0.2, -0.15) is 0 Å². The third-order valence-electron chi connectivity index (χ3n) is 2.76. The largest absolute Gasteiger partial charge is 0.507 e. The lowest BCUT2D eigenvalue weighted by atomic mass is 10.0. The van der Waals surface area contributed by atoms with Gasteiger partial charge in [-0.15, -0.1) is 11.3 Å². The second-order valence-electron chi connectivity index (χ2n) is 4.06. The van der Waals surface area contributed by atoms with Crippen molar-refractivity contribution in [3.8, 4) is 16.2 Å². The van der Waals surface area contributed by atoms with Crippen molar-refractivity contribution in [2.45, 2.75) is 12.8 Å². The summed E-state index contributed by atoms with van der Waals surface area (Å²) in [6.07, 6.45) is 0.692. The molecule has 0 radical (unpaired) electrons. The van der Waals surface area contributed by atoms with Crippen molar-refractivity contribution in [2.75, 3.05) is 0 Å². The number of hydrogen-bond donors (Lipinski definition) is 2. The van der Waals surface area contributed by atoms with Crippen LogP contribution >= 0.6 is 11.3 Å². The first-order valence-electron chi connectivity index (χ1n) is 5.68. The molecule has 4 nitrogen and oxygen atoms in total. The van der Waals surface area contributed by atoms with E-state index in [1.165, 1.54) is 11.3 Å². The lowest BCUT2D eigenvalue weighted by molar-refractivity contribution is -0.136. The van der Waals surface area contributed by atoms with E-state index in [4.69, 9.17) is 5.11 Å². The minimum absolute atomic E-state index is 0.0836. The molecule has 2 aromatic rings. The minimum atomic E-state index is -0.937. The lowest BCUT2D eigenvalue weighted by Crippen LogP contribution is -1.99. The molecule has 1 aromatic heterocycles. The molecule has 0 bridgehead atoms. The summed E-state index contributed by atoms with van der Waals surface area (Å²) >= 11 is 1.52. The minimum Gasteiger partial charge on any atom is -0.507 e. The molecule has 0 aliphatic carbocycles. The molecule has 0 spiro atoms. The number of carboxylic acid groups (broad SMARTS) is 1. The summed E-state index contributed by atoms with van der Waals surface area (Å²) < 4.78 is 0. The van der Waals surface area contributed by atoms with Crippen LogP contribution in [0.2, 0.25) is 0 Å². The van der Waals surface area contributed by atoms with E-state index in [2.05, 4.69) is 0 Å². The van der Waals surface area contributed by atoms with Gasteiger partial charge in [0.2, 0.25) is 0 Å². The van der Waals surface area contributed by atoms with Crippen molar-refractivity contribution >= 4 is 23.6 Å². The number of benzene rings is 1. The Kier molecular flexibility index (Phi) is 3.97. The molecular weight excluding hydrogens is 264 g/mol. The zero-order valence-corrected chi connectivity index (χ0v) is 10.8. The first kappa shape index (κ1) is 13.3. The highest BCUT2D eigenvalue weighted by Crippen LogP contribution is 2.32. The van der Waals surface area contributed by atoms with Crippen LogP contribution in [0.15, 0.2) is 29.6 Å². The first-order chi connectivity index (χ1) is 9.11. The van der Waals surface area contributed by atoms with Crippen molar-refractivity contribution in [3.05, 3.63) is 40.8 Å². The van der Waals surface area contributed by atoms with Crippen LogP contribution in [0.4, 0.5) is 0 Å². The van der Waals surface area contributed by atoms with Crippen molar-refractivity contribution < 1.29 is 19.8 Å². The number of carboxylic acids is 1. The molecule has 98 valence electrons. The van der Waals surface area contributed by atoms with Crippen molar-refractivity contribution in [1.29, 1.82) is 0 Å². The number of aromatic hydroxyl groups is 1. The first-order valence-corrected chi connectivity index (χ1v) is 6.56. The Bertz CT molecular complexity index is 602. The van der Waals surface area contributed by atoms with Gasteiger partial charge in [0.15, 0.2) is 6.29 Å². The average molecular weight is 276 g/mol. The molecule has 2 N–H and O–H groups in total. The second kappa shape index (κ2) is 5.67. The monoisotopic (exact) mass is 276 g/mol. The van der Waals surface area contributed by atoms with Crippen LogP contribution < -0.4 is 0 Å². The molecule has 0 aliphatic rings. The van der Waals surface area contributed by atoms with E-state index in [0.717, 1.165) is 10.4 Å². The number of rotatable bonds is 5. The quantitative estimate of drug-likeness (QED) is 0.823. The maximum Gasteiger partial charge on any atom is 0.303 e. The summed E-state index contributed by atoms with van der Waals surface area (Å²) in [7, 11) is 0. The van der Waals surface area contributed by atoms with Crippen molar-refractivity contribution in [1.82, 2.24) is 0 Å². The topological polar surface area (TPSA) is 74.6 Å². The third-order valence-corrected chi connectivity index (χ3v) is 3.68. The maximum absolute atomic E-state index is 11.0. The van der Waals surface area contributed by atoms with Gasteiger partial charge in [0.05, 0.1) is 5.56 Å². The SMILES string of the molecule is O=Cc1cc(-c2cccs2)cc(CCC(=O)O)c1O. The number of aliphatic carboxylic acids is 1. The second-order valence-corrected chi connectivity index (χ2v) is 5.01. The van der Waals surface area contributed by atoms with E-state index in [-0.39, 0.29) is 24.2 Å². The molecule has 0 amide bonds. The predicted octanol–water partition coefficient (Wildman–Crippen LogP) is 2.95. The van der Waals surface area contributed by atoms with Crippen molar-refractivity contribution in [2.24, 2.45) is 0 Å². The summed E-state index contributed by atoms with van der Waals surface area (Å²) in [5.74, 6) is -1.06.